The maximum atomic E-state index is 5.73. The van der Waals surface area contributed by atoms with E-state index in [-0.39, 0.29) is 0 Å². The van der Waals surface area contributed by atoms with Crippen molar-refractivity contribution < 1.29 is 4.74 Å². The van der Waals surface area contributed by atoms with Gasteiger partial charge in [0.1, 0.15) is 12.4 Å². The summed E-state index contributed by atoms with van der Waals surface area (Å²) in [5.41, 5.74) is 2.14. The zero-order chi connectivity index (χ0) is 13.6. The molecule has 1 saturated heterocycles. The van der Waals surface area contributed by atoms with Gasteiger partial charge < -0.3 is 10.1 Å². The molecular weight excluding hydrogens is 250 g/mol. The van der Waals surface area contributed by atoms with E-state index < -0.39 is 0 Å². The van der Waals surface area contributed by atoms with Gasteiger partial charge in [-0.2, -0.15) is 0 Å². The van der Waals surface area contributed by atoms with Crippen LogP contribution in [0.1, 0.15) is 17.5 Å². The van der Waals surface area contributed by atoms with Crippen molar-refractivity contribution in [1.29, 1.82) is 0 Å². The Morgan fingerprint density at radius 1 is 1.15 bits per heavy atom. The summed E-state index contributed by atoms with van der Waals surface area (Å²) in [6, 6.07) is 6.42. The van der Waals surface area contributed by atoms with Crippen LogP contribution in [0.5, 0.6) is 5.75 Å². The predicted octanol–water partition coefficient (Wildman–Crippen LogP) is 2.39. The Morgan fingerprint density at radius 3 is 2.70 bits per heavy atom. The summed E-state index contributed by atoms with van der Waals surface area (Å²) in [4.78, 5) is 8.21. The SMILES string of the molecule is C(=C\c1cncc(OC[C@@H]2CCN2)c1)/c1ccncc1. The van der Waals surface area contributed by atoms with Crippen LogP contribution in [0.4, 0.5) is 0 Å². The lowest BCUT2D eigenvalue weighted by molar-refractivity contribution is 0.217. The van der Waals surface area contributed by atoms with Crippen LogP contribution in [0, 0.1) is 0 Å². The van der Waals surface area contributed by atoms with Crippen molar-refractivity contribution in [3.8, 4) is 5.75 Å². The van der Waals surface area contributed by atoms with Gasteiger partial charge in [-0.1, -0.05) is 12.2 Å². The Morgan fingerprint density at radius 2 is 1.95 bits per heavy atom. The molecule has 102 valence electrons. The summed E-state index contributed by atoms with van der Waals surface area (Å²) in [6.45, 7) is 1.81. The first-order valence-electron chi connectivity index (χ1n) is 6.79. The van der Waals surface area contributed by atoms with E-state index in [0.717, 1.165) is 23.4 Å². The molecule has 1 fully saturated rings. The van der Waals surface area contributed by atoms with Crippen molar-refractivity contribution in [1.82, 2.24) is 15.3 Å². The maximum Gasteiger partial charge on any atom is 0.138 e. The Bertz CT molecular complexity index is 579. The maximum absolute atomic E-state index is 5.73. The lowest BCUT2D eigenvalue weighted by Gasteiger charge is -2.27. The van der Waals surface area contributed by atoms with Gasteiger partial charge >= 0.3 is 0 Å². The topological polar surface area (TPSA) is 47.0 Å². The van der Waals surface area contributed by atoms with Crippen LogP contribution in [0.3, 0.4) is 0 Å². The van der Waals surface area contributed by atoms with Crippen LogP contribution in [0.15, 0.2) is 43.0 Å². The monoisotopic (exact) mass is 267 g/mol. The van der Waals surface area contributed by atoms with Gasteiger partial charge in [-0.25, -0.2) is 0 Å². The third-order valence-electron chi connectivity index (χ3n) is 3.29. The van der Waals surface area contributed by atoms with E-state index in [1.807, 2.05) is 36.5 Å². The molecule has 1 aliphatic heterocycles. The number of ether oxygens (including phenoxy) is 1. The highest BCUT2D eigenvalue weighted by Crippen LogP contribution is 2.15. The normalized spacial score (nSPS) is 17.9. The molecule has 4 heteroatoms. The number of pyridine rings is 2. The highest BCUT2D eigenvalue weighted by atomic mass is 16.5. The minimum absolute atomic E-state index is 0.492. The third-order valence-corrected chi connectivity index (χ3v) is 3.29. The fraction of sp³-hybridized carbons (Fsp3) is 0.250. The highest BCUT2D eigenvalue weighted by molar-refractivity contribution is 5.69. The molecule has 0 aromatic carbocycles. The van der Waals surface area contributed by atoms with Gasteiger partial charge in [0.15, 0.2) is 0 Å². The molecule has 3 heterocycles. The number of nitrogens with one attached hydrogen (secondary N) is 1. The number of nitrogens with zero attached hydrogens (tertiary/aromatic N) is 2. The molecule has 0 saturated carbocycles. The first-order chi connectivity index (χ1) is 9.90. The van der Waals surface area contributed by atoms with Crippen LogP contribution in [0.25, 0.3) is 12.2 Å². The smallest absolute Gasteiger partial charge is 0.138 e. The van der Waals surface area contributed by atoms with Gasteiger partial charge in [-0.15, -0.1) is 0 Å². The summed E-state index contributed by atoms with van der Waals surface area (Å²) in [7, 11) is 0. The standard InChI is InChI=1S/C16H17N3O/c1(13-3-6-17-7-4-13)2-14-9-16(11-18-10-14)20-12-15-5-8-19-15/h1-4,6-7,9-11,15,19H,5,8,12H2/b2-1+/t15-/m0/s1. The van der Waals surface area contributed by atoms with Crippen LogP contribution in [-0.4, -0.2) is 29.2 Å². The van der Waals surface area contributed by atoms with Gasteiger partial charge in [-0.3, -0.25) is 9.97 Å². The Kier molecular flexibility index (Phi) is 4.04. The first kappa shape index (κ1) is 12.8. The highest BCUT2D eigenvalue weighted by Gasteiger charge is 2.16. The summed E-state index contributed by atoms with van der Waals surface area (Å²) >= 11 is 0. The third kappa shape index (κ3) is 3.42. The number of hydrogen-bond acceptors (Lipinski definition) is 4. The first-order valence-corrected chi connectivity index (χ1v) is 6.79. The number of rotatable bonds is 5. The molecule has 2 aromatic heterocycles. The molecule has 0 aliphatic carbocycles. The van der Waals surface area contributed by atoms with Gasteiger partial charge in [0, 0.05) is 24.6 Å². The van der Waals surface area contributed by atoms with E-state index in [1.165, 1.54) is 6.42 Å². The van der Waals surface area contributed by atoms with Gasteiger partial charge in [-0.05, 0) is 42.3 Å². The van der Waals surface area contributed by atoms with Crippen molar-refractivity contribution in [2.75, 3.05) is 13.2 Å². The number of aromatic nitrogens is 2. The molecule has 20 heavy (non-hydrogen) atoms. The lowest BCUT2D eigenvalue weighted by Crippen LogP contribution is -2.46. The molecule has 1 N–H and O–H groups in total. The molecule has 1 aliphatic rings. The summed E-state index contributed by atoms with van der Waals surface area (Å²) in [6.07, 6.45) is 12.4. The lowest BCUT2D eigenvalue weighted by atomic mass is 10.1. The second kappa shape index (κ2) is 6.30. The van der Waals surface area contributed by atoms with Crippen LogP contribution >= 0.6 is 0 Å². The fourth-order valence-corrected chi connectivity index (χ4v) is 1.96. The second-order valence-corrected chi connectivity index (χ2v) is 4.82. The van der Waals surface area contributed by atoms with Crippen LogP contribution in [0.2, 0.25) is 0 Å². The van der Waals surface area contributed by atoms with Crippen molar-refractivity contribution >= 4 is 12.2 Å². The quantitative estimate of drug-likeness (QED) is 0.903. The van der Waals surface area contributed by atoms with Gasteiger partial charge in [0.2, 0.25) is 0 Å². The van der Waals surface area contributed by atoms with Crippen molar-refractivity contribution in [2.24, 2.45) is 0 Å². The van der Waals surface area contributed by atoms with Gasteiger partial charge in [0.05, 0.1) is 6.20 Å². The van der Waals surface area contributed by atoms with Crippen LogP contribution < -0.4 is 10.1 Å². The molecular formula is C16H17N3O. The number of hydrogen-bond donors (Lipinski definition) is 1. The average molecular weight is 267 g/mol. The molecule has 0 amide bonds. The molecule has 0 radical (unpaired) electrons. The molecule has 0 spiro atoms. The van der Waals surface area contributed by atoms with Crippen molar-refractivity contribution in [3.63, 3.8) is 0 Å². The van der Waals surface area contributed by atoms with Crippen LogP contribution in [-0.2, 0) is 0 Å². The summed E-state index contributed by atoms with van der Waals surface area (Å²) in [5, 5.41) is 3.31. The average Bonchev–Trinajstić information content (AvgIpc) is 2.45. The molecule has 4 nitrogen and oxygen atoms in total. The van der Waals surface area contributed by atoms with Crippen molar-refractivity contribution in [3.05, 3.63) is 54.1 Å². The van der Waals surface area contributed by atoms with Gasteiger partial charge in [0.25, 0.3) is 0 Å². The Hall–Kier alpha value is -2.20. The fourth-order valence-electron chi connectivity index (χ4n) is 1.96. The van der Waals surface area contributed by atoms with E-state index in [1.54, 1.807) is 18.6 Å². The largest absolute Gasteiger partial charge is 0.490 e. The Labute approximate surface area is 118 Å². The molecule has 0 bridgehead atoms. The summed E-state index contributed by atoms with van der Waals surface area (Å²) < 4.78 is 5.73. The minimum Gasteiger partial charge on any atom is -0.490 e. The molecule has 0 unspecified atom stereocenters. The zero-order valence-electron chi connectivity index (χ0n) is 11.2. The molecule has 3 rings (SSSR count). The summed E-state index contributed by atoms with van der Waals surface area (Å²) in [5.74, 6) is 0.815. The Balaban J connectivity index is 1.63. The molecule has 2 aromatic rings. The van der Waals surface area contributed by atoms with E-state index >= 15 is 0 Å². The van der Waals surface area contributed by atoms with E-state index in [2.05, 4.69) is 15.3 Å². The minimum atomic E-state index is 0.492. The van der Waals surface area contributed by atoms with E-state index in [0.29, 0.717) is 12.6 Å². The van der Waals surface area contributed by atoms with E-state index in [9.17, 15) is 0 Å². The van der Waals surface area contributed by atoms with E-state index in [4.69, 9.17) is 4.74 Å². The second-order valence-electron chi connectivity index (χ2n) is 4.82. The predicted molar refractivity (Wildman–Crippen MR) is 79.3 cm³/mol. The van der Waals surface area contributed by atoms with Crippen molar-refractivity contribution in [2.45, 2.75) is 12.5 Å². The zero-order valence-corrected chi connectivity index (χ0v) is 11.2. The molecule has 1 atom stereocenters.